The lowest BCUT2D eigenvalue weighted by atomic mass is 10.0. The molecule has 1 radical (unpaired) electrons. The van der Waals surface area contributed by atoms with E-state index >= 15 is 0 Å². The summed E-state index contributed by atoms with van der Waals surface area (Å²) in [5.41, 5.74) is 3.46. The van der Waals surface area contributed by atoms with Gasteiger partial charge in [0, 0.05) is 16.5 Å². The first-order valence-corrected chi connectivity index (χ1v) is 8.34. The second kappa shape index (κ2) is 4.38. The normalized spacial score (nSPS) is 15.2. The van der Waals surface area contributed by atoms with Gasteiger partial charge >= 0.3 is 13.4 Å². The van der Waals surface area contributed by atoms with Crippen LogP contribution in [0.3, 0.4) is 0 Å². The molecular weight excluding hydrogens is 297 g/mol. The molecule has 113 valence electrons. The monoisotopic (exact) mass is 311 g/mol. The lowest BCUT2D eigenvalue weighted by molar-refractivity contribution is -0.519. The first-order valence-electron chi connectivity index (χ1n) is 8.34. The number of aromatic nitrogens is 2. The Morgan fingerprint density at radius 2 is 2.08 bits per heavy atom. The fraction of sp³-hybridized carbons (Fsp3) is 0.158. The average molecular weight is 311 g/mol. The third-order valence-electron chi connectivity index (χ3n) is 5.06. The van der Waals surface area contributed by atoms with Crippen molar-refractivity contribution in [3.05, 3.63) is 59.7 Å². The molecule has 2 aliphatic rings. The van der Waals surface area contributed by atoms with Crippen LogP contribution >= 0.6 is 0 Å². The SMILES string of the molecule is [B]1n2c(c3cccc4cccc2c43)=Nc2cc3c(c[n+]21)CCCO3. The number of ether oxygens (including phenoxy) is 1. The van der Waals surface area contributed by atoms with Gasteiger partial charge < -0.3 is 9.21 Å². The minimum Gasteiger partial charge on any atom is -0.493 e. The highest BCUT2D eigenvalue weighted by atomic mass is 16.5. The van der Waals surface area contributed by atoms with E-state index in [1.165, 1.54) is 27.2 Å². The molecule has 0 saturated carbocycles. The maximum absolute atomic E-state index is 5.81. The summed E-state index contributed by atoms with van der Waals surface area (Å²) in [6, 6.07) is 14.9. The number of nitrogens with zero attached hydrogens (tertiary/aromatic N) is 3. The molecule has 0 fully saturated rings. The number of fused-ring (bicyclic) bond motifs is 5. The lowest BCUT2D eigenvalue weighted by Gasteiger charge is -2.17. The highest BCUT2D eigenvalue weighted by Gasteiger charge is 2.28. The Bertz CT molecular complexity index is 1190. The quantitative estimate of drug-likeness (QED) is 0.404. The van der Waals surface area contributed by atoms with Gasteiger partial charge in [-0.3, -0.25) is 4.48 Å². The molecule has 0 bridgehead atoms. The van der Waals surface area contributed by atoms with Gasteiger partial charge in [-0.05, 0) is 35.4 Å². The second-order valence-electron chi connectivity index (χ2n) is 6.48. The zero-order valence-corrected chi connectivity index (χ0v) is 13.1. The van der Waals surface area contributed by atoms with Crippen molar-refractivity contribution in [2.75, 3.05) is 6.61 Å². The van der Waals surface area contributed by atoms with Crippen molar-refractivity contribution in [2.24, 2.45) is 4.99 Å². The number of benzene rings is 2. The minimum absolute atomic E-state index is 0.799. The Kier molecular flexibility index (Phi) is 2.30. The van der Waals surface area contributed by atoms with Crippen molar-refractivity contribution in [3.8, 4) is 5.75 Å². The Balaban J connectivity index is 1.71. The van der Waals surface area contributed by atoms with E-state index in [1.807, 2.05) is 0 Å². The van der Waals surface area contributed by atoms with E-state index in [-0.39, 0.29) is 0 Å². The minimum atomic E-state index is 0.799. The first kappa shape index (κ1) is 12.6. The number of pyridine rings is 1. The number of hydrogen-bond donors (Lipinski definition) is 0. The van der Waals surface area contributed by atoms with Crippen LogP contribution in [0.1, 0.15) is 12.0 Å². The molecule has 0 spiro atoms. The Morgan fingerprint density at radius 1 is 1.17 bits per heavy atom. The predicted octanol–water partition coefficient (Wildman–Crippen LogP) is 2.32. The number of rotatable bonds is 0. The van der Waals surface area contributed by atoms with E-state index in [4.69, 9.17) is 9.73 Å². The first-order chi connectivity index (χ1) is 11.9. The standard InChI is InChI=1S/C19H14BN3O/c1-4-12-5-2-8-15-18(12)14(7-1)19-21-17-10-16-13(6-3-9-24-16)11-22(17)20-23(15)19/h1-2,4-5,7-8,10-11H,3,6,9H2/q+1. The van der Waals surface area contributed by atoms with Crippen molar-refractivity contribution in [1.29, 1.82) is 0 Å². The van der Waals surface area contributed by atoms with E-state index in [9.17, 15) is 0 Å². The lowest BCUT2D eigenvalue weighted by Crippen LogP contribution is -2.51. The largest absolute Gasteiger partial charge is 0.555 e. The van der Waals surface area contributed by atoms with Crippen LogP contribution in [0.25, 0.3) is 21.7 Å². The highest BCUT2D eigenvalue weighted by Crippen LogP contribution is 2.29. The molecule has 2 aromatic carbocycles. The van der Waals surface area contributed by atoms with Gasteiger partial charge in [-0.15, -0.1) is 0 Å². The Hall–Kier alpha value is -2.82. The molecule has 24 heavy (non-hydrogen) atoms. The summed E-state index contributed by atoms with van der Waals surface area (Å²) in [5, 5.41) is 3.74. The van der Waals surface area contributed by atoms with Gasteiger partial charge in [0.25, 0.3) is 0 Å². The predicted molar refractivity (Wildman–Crippen MR) is 92.9 cm³/mol. The van der Waals surface area contributed by atoms with Crippen molar-refractivity contribution >= 4 is 35.0 Å². The van der Waals surface area contributed by atoms with Crippen LogP contribution in [0.15, 0.2) is 53.7 Å². The molecule has 0 saturated heterocycles. The van der Waals surface area contributed by atoms with Crippen LogP contribution in [0.5, 0.6) is 5.75 Å². The van der Waals surface area contributed by atoms with Gasteiger partial charge in [0.15, 0.2) is 0 Å². The third kappa shape index (κ3) is 1.54. The van der Waals surface area contributed by atoms with Crippen LogP contribution in [-0.2, 0) is 6.42 Å². The molecule has 0 amide bonds. The van der Waals surface area contributed by atoms with Crippen molar-refractivity contribution < 1.29 is 9.21 Å². The van der Waals surface area contributed by atoms with E-state index in [0.29, 0.717) is 0 Å². The van der Waals surface area contributed by atoms with Crippen molar-refractivity contribution in [1.82, 2.24) is 4.48 Å². The molecule has 6 rings (SSSR count). The maximum Gasteiger partial charge on any atom is 0.555 e. The van der Waals surface area contributed by atoms with E-state index in [2.05, 4.69) is 65.2 Å². The van der Waals surface area contributed by atoms with E-state index in [1.54, 1.807) is 0 Å². The highest BCUT2D eigenvalue weighted by molar-refractivity contribution is 6.28. The van der Waals surface area contributed by atoms with E-state index in [0.717, 1.165) is 36.5 Å². The molecule has 4 nitrogen and oxygen atoms in total. The van der Waals surface area contributed by atoms with E-state index < -0.39 is 0 Å². The van der Waals surface area contributed by atoms with Gasteiger partial charge in [0.2, 0.25) is 5.49 Å². The van der Waals surface area contributed by atoms with Gasteiger partial charge in [0.1, 0.15) is 5.75 Å². The average Bonchev–Trinajstić information content (AvgIpc) is 2.94. The van der Waals surface area contributed by atoms with Gasteiger partial charge in [-0.25, -0.2) is 0 Å². The van der Waals surface area contributed by atoms with Crippen LogP contribution in [0.4, 0.5) is 5.82 Å². The fourth-order valence-electron chi connectivity index (χ4n) is 3.95. The van der Waals surface area contributed by atoms with Crippen molar-refractivity contribution in [2.45, 2.75) is 12.8 Å². The molecule has 0 N–H and O–H groups in total. The summed E-state index contributed by atoms with van der Waals surface area (Å²) in [7, 11) is 2.14. The fourth-order valence-corrected chi connectivity index (χ4v) is 3.95. The number of hydrogen-bond acceptors (Lipinski definition) is 2. The summed E-state index contributed by atoms with van der Waals surface area (Å²) in [5.74, 6) is 1.90. The topological polar surface area (TPSA) is 30.4 Å². The smallest absolute Gasteiger partial charge is 0.493 e. The molecule has 0 unspecified atom stereocenters. The molecular formula is C19H14BN3O+. The summed E-state index contributed by atoms with van der Waals surface area (Å²) in [6.45, 7) is 0.799. The van der Waals surface area contributed by atoms with Crippen LogP contribution in [0.2, 0.25) is 0 Å². The summed E-state index contributed by atoms with van der Waals surface area (Å²) in [4.78, 5) is 4.95. The molecule has 5 heteroatoms. The molecule has 0 aliphatic carbocycles. The maximum atomic E-state index is 5.81. The van der Waals surface area contributed by atoms with Crippen LogP contribution in [-0.4, -0.2) is 18.6 Å². The Morgan fingerprint density at radius 3 is 3.04 bits per heavy atom. The van der Waals surface area contributed by atoms with Gasteiger partial charge in [0.05, 0.1) is 24.3 Å². The molecule has 4 aromatic rings. The van der Waals surface area contributed by atoms with Gasteiger partial charge in [-0.2, -0.15) is 0 Å². The number of aryl methyl sites for hydroxylation is 1. The zero-order chi connectivity index (χ0) is 15.7. The van der Waals surface area contributed by atoms with Crippen LogP contribution < -0.4 is 14.7 Å². The molecule has 2 aromatic heterocycles. The molecule has 2 aliphatic heterocycles. The molecule has 0 atom stereocenters. The second-order valence-corrected chi connectivity index (χ2v) is 6.48. The third-order valence-corrected chi connectivity index (χ3v) is 5.06. The summed E-state index contributed by atoms with van der Waals surface area (Å²) >= 11 is 0. The molecule has 4 heterocycles. The van der Waals surface area contributed by atoms with Crippen LogP contribution in [0, 0.1) is 0 Å². The summed E-state index contributed by atoms with van der Waals surface area (Å²) in [6.07, 6.45) is 4.30. The summed E-state index contributed by atoms with van der Waals surface area (Å²) < 4.78 is 10.1. The van der Waals surface area contributed by atoms with Crippen molar-refractivity contribution in [3.63, 3.8) is 0 Å². The van der Waals surface area contributed by atoms with Gasteiger partial charge in [-0.1, -0.05) is 24.3 Å². The Labute approximate surface area is 139 Å². The zero-order valence-electron chi connectivity index (χ0n) is 13.1.